The summed E-state index contributed by atoms with van der Waals surface area (Å²) in [4.78, 5) is 0. The number of benzene rings is 1. The SMILES string of the molecule is COc1ccc(OB(F)F)c(/C(O)=C/C=C2C=CC=C2)c1. The Morgan fingerprint density at radius 3 is 2.57 bits per heavy atom. The number of hydrogen-bond acceptors (Lipinski definition) is 3. The van der Waals surface area contributed by atoms with Crippen molar-refractivity contribution in [2.24, 2.45) is 0 Å². The summed E-state index contributed by atoms with van der Waals surface area (Å²) in [7, 11) is -1.52. The summed E-state index contributed by atoms with van der Waals surface area (Å²) in [6.07, 6.45) is 10.5. The van der Waals surface area contributed by atoms with E-state index in [1.54, 1.807) is 6.08 Å². The maximum absolute atomic E-state index is 12.4. The van der Waals surface area contributed by atoms with Gasteiger partial charge in [-0.1, -0.05) is 30.4 Å². The monoisotopic (exact) mass is 290 g/mol. The third-order valence-corrected chi connectivity index (χ3v) is 2.80. The van der Waals surface area contributed by atoms with Crippen molar-refractivity contribution >= 4 is 13.2 Å². The molecule has 0 aromatic heterocycles. The van der Waals surface area contributed by atoms with Crippen LogP contribution in [0.5, 0.6) is 11.5 Å². The number of rotatable bonds is 5. The smallest absolute Gasteiger partial charge is 0.507 e. The first-order valence-electron chi connectivity index (χ1n) is 6.19. The molecule has 0 unspecified atom stereocenters. The minimum atomic E-state index is -2.97. The summed E-state index contributed by atoms with van der Waals surface area (Å²) in [5.74, 6) is 0.126. The molecule has 0 fully saturated rings. The number of methoxy groups -OCH3 is 1. The molecule has 1 aromatic carbocycles. The zero-order valence-electron chi connectivity index (χ0n) is 11.3. The molecule has 0 saturated carbocycles. The molecule has 0 aliphatic heterocycles. The number of allylic oxidation sites excluding steroid dienone is 7. The normalized spacial score (nSPS) is 13.5. The number of aliphatic hydroxyl groups excluding tert-OH is 1. The predicted molar refractivity (Wildman–Crippen MR) is 78.6 cm³/mol. The molecule has 1 N–H and O–H groups in total. The molecule has 1 aliphatic carbocycles. The third kappa shape index (κ3) is 3.98. The van der Waals surface area contributed by atoms with E-state index in [1.807, 2.05) is 24.3 Å². The largest absolute Gasteiger partial charge is 0.796 e. The quantitative estimate of drug-likeness (QED) is 0.659. The highest BCUT2D eigenvalue weighted by Crippen LogP contribution is 2.30. The van der Waals surface area contributed by atoms with Gasteiger partial charge in [0.15, 0.2) is 0 Å². The average Bonchev–Trinajstić information content (AvgIpc) is 2.98. The van der Waals surface area contributed by atoms with E-state index < -0.39 is 7.47 Å². The first-order valence-corrected chi connectivity index (χ1v) is 6.19. The second-order valence-electron chi connectivity index (χ2n) is 4.18. The third-order valence-electron chi connectivity index (χ3n) is 2.80. The van der Waals surface area contributed by atoms with E-state index in [0.29, 0.717) is 5.75 Å². The molecule has 2 rings (SSSR count). The van der Waals surface area contributed by atoms with E-state index in [4.69, 9.17) is 4.74 Å². The zero-order chi connectivity index (χ0) is 15.2. The Bertz CT molecular complexity index is 620. The van der Waals surface area contributed by atoms with Gasteiger partial charge in [0.2, 0.25) is 0 Å². The molecule has 0 spiro atoms. The van der Waals surface area contributed by atoms with Crippen LogP contribution in [0.2, 0.25) is 0 Å². The van der Waals surface area contributed by atoms with Crippen LogP contribution in [0.4, 0.5) is 8.63 Å². The molecule has 1 aliphatic rings. The lowest BCUT2D eigenvalue weighted by atomic mass is 10.1. The maximum Gasteiger partial charge on any atom is 0.796 e. The summed E-state index contributed by atoms with van der Waals surface area (Å²) >= 11 is 0. The highest BCUT2D eigenvalue weighted by Gasteiger charge is 2.21. The van der Waals surface area contributed by atoms with Gasteiger partial charge < -0.3 is 14.5 Å². The first-order chi connectivity index (χ1) is 10.1. The fourth-order valence-electron chi connectivity index (χ4n) is 1.80. The van der Waals surface area contributed by atoms with E-state index in [0.717, 1.165) is 5.57 Å². The lowest BCUT2D eigenvalue weighted by Crippen LogP contribution is -2.10. The van der Waals surface area contributed by atoms with Crippen LogP contribution < -0.4 is 9.39 Å². The standard InChI is InChI=1S/C15H13BF2O3/c1-20-12-7-9-15(21-16(17)18)13(10-12)14(19)8-6-11-4-2-3-5-11/h2-10,19H,1H3/b14-8-. The van der Waals surface area contributed by atoms with Gasteiger partial charge in [-0.05, 0) is 29.8 Å². The van der Waals surface area contributed by atoms with Crippen LogP contribution in [0.1, 0.15) is 5.56 Å². The van der Waals surface area contributed by atoms with Crippen molar-refractivity contribution < 1.29 is 23.1 Å². The fourth-order valence-corrected chi connectivity index (χ4v) is 1.80. The molecule has 0 amide bonds. The highest BCUT2D eigenvalue weighted by atomic mass is 19.2. The Balaban J connectivity index is 2.34. The number of hydrogen-bond donors (Lipinski definition) is 1. The van der Waals surface area contributed by atoms with Crippen molar-refractivity contribution in [1.82, 2.24) is 0 Å². The van der Waals surface area contributed by atoms with Crippen LogP contribution in [-0.2, 0) is 0 Å². The second-order valence-corrected chi connectivity index (χ2v) is 4.18. The fraction of sp³-hybridized carbons (Fsp3) is 0.0667. The van der Waals surface area contributed by atoms with Crippen LogP contribution in [0.15, 0.2) is 60.2 Å². The van der Waals surface area contributed by atoms with Crippen LogP contribution in [-0.4, -0.2) is 19.7 Å². The number of halogens is 2. The molecule has 6 heteroatoms. The van der Waals surface area contributed by atoms with E-state index >= 15 is 0 Å². The summed E-state index contributed by atoms with van der Waals surface area (Å²) in [5, 5.41) is 10.1. The predicted octanol–water partition coefficient (Wildman–Crippen LogP) is 3.95. The summed E-state index contributed by atoms with van der Waals surface area (Å²) in [6.45, 7) is 0. The molecule has 3 nitrogen and oxygen atoms in total. The van der Waals surface area contributed by atoms with Crippen LogP contribution in [0.25, 0.3) is 5.76 Å². The minimum absolute atomic E-state index is 0.115. The summed E-state index contributed by atoms with van der Waals surface area (Å²) in [5.41, 5.74) is 1.03. The molecular formula is C15H13BF2O3. The zero-order valence-corrected chi connectivity index (χ0v) is 11.3. The van der Waals surface area contributed by atoms with E-state index in [-0.39, 0.29) is 17.1 Å². The van der Waals surface area contributed by atoms with Crippen molar-refractivity contribution in [1.29, 1.82) is 0 Å². The van der Waals surface area contributed by atoms with Crippen molar-refractivity contribution in [3.05, 3.63) is 65.8 Å². The van der Waals surface area contributed by atoms with Crippen LogP contribution >= 0.6 is 0 Å². The second kappa shape index (κ2) is 6.79. The average molecular weight is 290 g/mol. The highest BCUT2D eigenvalue weighted by molar-refractivity contribution is 6.35. The van der Waals surface area contributed by atoms with E-state index in [1.165, 1.54) is 31.4 Å². The van der Waals surface area contributed by atoms with Gasteiger partial charge in [-0.3, -0.25) is 0 Å². The maximum atomic E-state index is 12.4. The van der Waals surface area contributed by atoms with Gasteiger partial charge in [0.05, 0.1) is 12.7 Å². The van der Waals surface area contributed by atoms with Gasteiger partial charge in [0.1, 0.15) is 17.3 Å². The van der Waals surface area contributed by atoms with Gasteiger partial charge in [-0.25, -0.2) is 8.63 Å². The van der Waals surface area contributed by atoms with Crippen molar-refractivity contribution in [3.63, 3.8) is 0 Å². The number of aliphatic hydroxyl groups is 1. The lowest BCUT2D eigenvalue weighted by Gasteiger charge is -2.11. The van der Waals surface area contributed by atoms with Gasteiger partial charge in [0, 0.05) is 0 Å². The van der Waals surface area contributed by atoms with Gasteiger partial charge in [0.25, 0.3) is 0 Å². The van der Waals surface area contributed by atoms with Crippen molar-refractivity contribution in [3.8, 4) is 11.5 Å². The Hall–Kier alpha value is -2.50. The lowest BCUT2D eigenvalue weighted by molar-refractivity contribution is 0.406. The Morgan fingerprint density at radius 1 is 1.24 bits per heavy atom. The molecule has 108 valence electrons. The van der Waals surface area contributed by atoms with Gasteiger partial charge in [-0.2, -0.15) is 0 Å². The minimum Gasteiger partial charge on any atom is -0.507 e. The van der Waals surface area contributed by atoms with Gasteiger partial charge >= 0.3 is 7.47 Å². The van der Waals surface area contributed by atoms with Crippen molar-refractivity contribution in [2.45, 2.75) is 0 Å². The Morgan fingerprint density at radius 2 is 1.95 bits per heavy atom. The van der Waals surface area contributed by atoms with E-state index in [2.05, 4.69) is 4.65 Å². The summed E-state index contributed by atoms with van der Waals surface area (Å²) < 4.78 is 34.2. The van der Waals surface area contributed by atoms with Crippen LogP contribution in [0.3, 0.4) is 0 Å². The molecular weight excluding hydrogens is 277 g/mol. The summed E-state index contributed by atoms with van der Waals surface area (Å²) in [6, 6.07) is 4.24. The van der Waals surface area contributed by atoms with Crippen molar-refractivity contribution in [2.75, 3.05) is 7.11 Å². The molecule has 0 saturated heterocycles. The van der Waals surface area contributed by atoms with E-state index in [9.17, 15) is 13.7 Å². The molecule has 0 bridgehead atoms. The molecule has 0 atom stereocenters. The number of ether oxygens (including phenoxy) is 1. The molecule has 21 heavy (non-hydrogen) atoms. The topological polar surface area (TPSA) is 38.7 Å². The molecule has 1 aromatic rings. The Labute approximate surface area is 121 Å². The molecule has 0 radical (unpaired) electrons. The Kier molecular flexibility index (Phi) is 4.82. The molecule has 0 heterocycles. The first kappa shape index (κ1) is 14.9. The van der Waals surface area contributed by atoms with Crippen LogP contribution in [0, 0.1) is 0 Å². The van der Waals surface area contributed by atoms with Gasteiger partial charge in [-0.15, -0.1) is 0 Å².